The first-order chi connectivity index (χ1) is 6.07. The molecule has 13 heavy (non-hydrogen) atoms. The Hall–Kier alpha value is -0.500. The summed E-state index contributed by atoms with van der Waals surface area (Å²) in [6, 6.07) is 0. The summed E-state index contributed by atoms with van der Waals surface area (Å²) in [6.07, 6.45) is 3.95. The lowest BCUT2D eigenvalue weighted by atomic mass is 9.91. The van der Waals surface area contributed by atoms with E-state index in [9.17, 15) is 4.79 Å². The van der Waals surface area contributed by atoms with E-state index in [0.29, 0.717) is 0 Å². The van der Waals surface area contributed by atoms with E-state index in [1.54, 1.807) is 11.8 Å². The van der Waals surface area contributed by atoms with E-state index in [0.717, 1.165) is 23.3 Å². The summed E-state index contributed by atoms with van der Waals surface area (Å²) in [4.78, 5) is 12.8. The lowest BCUT2D eigenvalue weighted by molar-refractivity contribution is -0.112. The third-order valence-electron chi connectivity index (χ3n) is 2.43. The molecular formula is C11H16OS. The lowest BCUT2D eigenvalue weighted by Gasteiger charge is -2.18. The van der Waals surface area contributed by atoms with Gasteiger partial charge < -0.3 is 0 Å². The molecule has 0 fully saturated rings. The molecule has 0 bridgehead atoms. The van der Waals surface area contributed by atoms with Gasteiger partial charge in [-0.1, -0.05) is 11.1 Å². The van der Waals surface area contributed by atoms with Crippen LogP contribution in [0.3, 0.4) is 0 Å². The highest BCUT2D eigenvalue weighted by Gasteiger charge is 2.22. The zero-order valence-electron chi connectivity index (χ0n) is 8.73. The van der Waals surface area contributed by atoms with Gasteiger partial charge in [-0.25, -0.2) is 0 Å². The minimum atomic E-state index is 0.260. The fraction of sp³-hybridized carbons (Fsp3) is 0.545. The smallest absolute Gasteiger partial charge is 0.195 e. The number of thioether (sulfide) groups is 1. The molecule has 0 saturated heterocycles. The summed E-state index contributed by atoms with van der Waals surface area (Å²) < 4.78 is 0. The Kier molecular flexibility index (Phi) is 3.37. The molecule has 0 aromatic heterocycles. The SMILES string of the molecule is CSC1=C(C)CCC(=C(C)C)C1=O. The Morgan fingerprint density at radius 3 is 2.38 bits per heavy atom. The first kappa shape index (κ1) is 10.6. The highest BCUT2D eigenvalue weighted by molar-refractivity contribution is 8.03. The summed E-state index contributed by atoms with van der Waals surface area (Å²) in [6.45, 7) is 6.10. The predicted octanol–water partition coefficient (Wildman–Crippen LogP) is 3.32. The van der Waals surface area contributed by atoms with Gasteiger partial charge in [-0.15, -0.1) is 11.8 Å². The maximum atomic E-state index is 11.9. The number of rotatable bonds is 1. The second-order valence-electron chi connectivity index (χ2n) is 3.62. The van der Waals surface area contributed by atoms with Crippen LogP contribution in [0.2, 0.25) is 0 Å². The van der Waals surface area contributed by atoms with Crippen molar-refractivity contribution in [1.29, 1.82) is 0 Å². The van der Waals surface area contributed by atoms with Crippen molar-refractivity contribution in [2.45, 2.75) is 33.6 Å². The fourth-order valence-electron chi connectivity index (χ4n) is 1.61. The standard InChI is InChI=1S/C11H16OS/c1-7(2)9-6-5-8(3)11(13-4)10(9)12/h5-6H2,1-4H3. The highest BCUT2D eigenvalue weighted by atomic mass is 32.2. The second-order valence-corrected chi connectivity index (χ2v) is 4.44. The van der Waals surface area contributed by atoms with Crippen molar-refractivity contribution >= 4 is 17.5 Å². The Balaban J connectivity index is 3.09. The van der Waals surface area contributed by atoms with Crippen LogP contribution in [0, 0.1) is 0 Å². The average molecular weight is 196 g/mol. The number of allylic oxidation sites excluding steroid dienone is 4. The van der Waals surface area contributed by atoms with E-state index in [-0.39, 0.29) is 5.78 Å². The molecule has 0 aromatic carbocycles. The maximum Gasteiger partial charge on any atom is 0.195 e. The molecule has 2 heteroatoms. The largest absolute Gasteiger partial charge is 0.288 e. The fourth-order valence-corrected chi connectivity index (χ4v) is 2.37. The first-order valence-electron chi connectivity index (χ1n) is 4.52. The van der Waals surface area contributed by atoms with Crippen molar-refractivity contribution in [2.75, 3.05) is 6.26 Å². The van der Waals surface area contributed by atoms with Crippen LogP contribution in [-0.4, -0.2) is 12.0 Å². The predicted molar refractivity (Wildman–Crippen MR) is 58.8 cm³/mol. The van der Waals surface area contributed by atoms with Crippen LogP contribution in [0.5, 0.6) is 0 Å². The number of carbonyl (C=O) groups is 1. The molecule has 0 N–H and O–H groups in total. The van der Waals surface area contributed by atoms with E-state index in [1.807, 2.05) is 20.1 Å². The van der Waals surface area contributed by atoms with Crippen LogP contribution in [0.25, 0.3) is 0 Å². The van der Waals surface area contributed by atoms with Crippen LogP contribution < -0.4 is 0 Å². The normalized spacial score (nSPS) is 18.2. The number of hydrogen-bond acceptors (Lipinski definition) is 2. The molecule has 0 aromatic rings. The van der Waals surface area contributed by atoms with Crippen molar-refractivity contribution in [1.82, 2.24) is 0 Å². The summed E-state index contributed by atoms with van der Waals surface area (Å²) in [5.41, 5.74) is 3.45. The molecule has 0 heterocycles. The Morgan fingerprint density at radius 2 is 1.92 bits per heavy atom. The molecule has 1 nitrogen and oxygen atoms in total. The average Bonchev–Trinajstić information content (AvgIpc) is 2.04. The second kappa shape index (κ2) is 4.14. The molecule has 0 radical (unpaired) electrons. The van der Waals surface area contributed by atoms with Crippen molar-refractivity contribution in [3.63, 3.8) is 0 Å². The first-order valence-corrected chi connectivity index (χ1v) is 5.75. The van der Waals surface area contributed by atoms with Gasteiger partial charge in [-0.3, -0.25) is 4.79 Å². The van der Waals surface area contributed by atoms with Crippen LogP contribution in [0.1, 0.15) is 33.6 Å². The van der Waals surface area contributed by atoms with Gasteiger partial charge in [-0.2, -0.15) is 0 Å². The zero-order valence-corrected chi connectivity index (χ0v) is 9.55. The Labute approximate surface area is 84.3 Å². The number of carbonyl (C=O) groups excluding carboxylic acids is 1. The summed E-state index contributed by atoms with van der Waals surface area (Å²) in [7, 11) is 0. The van der Waals surface area contributed by atoms with Gasteiger partial charge in [-0.05, 0) is 45.4 Å². The molecule has 1 aliphatic rings. The third-order valence-corrected chi connectivity index (χ3v) is 3.37. The Morgan fingerprint density at radius 1 is 1.31 bits per heavy atom. The van der Waals surface area contributed by atoms with E-state index >= 15 is 0 Å². The molecule has 0 aliphatic heterocycles. The molecule has 72 valence electrons. The summed E-state index contributed by atoms with van der Waals surface area (Å²) >= 11 is 1.58. The topological polar surface area (TPSA) is 17.1 Å². The molecule has 0 spiro atoms. The molecule has 0 unspecified atom stereocenters. The molecular weight excluding hydrogens is 180 g/mol. The van der Waals surface area contributed by atoms with Gasteiger partial charge in [0.25, 0.3) is 0 Å². The van der Waals surface area contributed by atoms with Gasteiger partial charge in [0.05, 0.1) is 4.91 Å². The van der Waals surface area contributed by atoms with Crippen LogP contribution >= 0.6 is 11.8 Å². The lowest BCUT2D eigenvalue weighted by Crippen LogP contribution is -2.12. The van der Waals surface area contributed by atoms with Gasteiger partial charge in [0.15, 0.2) is 5.78 Å². The summed E-state index contributed by atoms with van der Waals surface area (Å²) in [5.74, 6) is 0.260. The number of hydrogen-bond donors (Lipinski definition) is 0. The van der Waals surface area contributed by atoms with Crippen LogP contribution in [-0.2, 0) is 4.79 Å². The quantitative estimate of drug-likeness (QED) is 0.598. The van der Waals surface area contributed by atoms with Gasteiger partial charge in [0.2, 0.25) is 0 Å². The van der Waals surface area contributed by atoms with Crippen molar-refractivity contribution in [3.8, 4) is 0 Å². The number of Topliss-reactive ketones (excluding diaryl/α,β-unsaturated/α-hetero) is 1. The molecule has 0 amide bonds. The van der Waals surface area contributed by atoms with Crippen molar-refractivity contribution in [2.24, 2.45) is 0 Å². The zero-order chi connectivity index (χ0) is 10.0. The third kappa shape index (κ3) is 2.05. The van der Waals surface area contributed by atoms with Crippen LogP contribution in [0.4, 0.5) is 0 Å². The highest BCUT2D eigenvalue weighted by Crippen LogP contribution is 2.32. The van der Waals surface area contributed by atoms with Crippen LogP contribution in [0.15, 0.2) is 21.6 Å². The number of ketones is 1. The maximum absolute atomic E-state index is 11.9. The van der Waals surface area contributed by atoms with E-state index in [2.05, 4.69) is 6.92 Å². The molecule has 1 aliphatic carbocycles. The van der Waals surface area contributed by atoms with E-state index < -0.39 is 0 Å². The van der Waals surface area contributed by atoms with Gasteiger partial charge in [0.1, 0.15) is 0 Å². The molecule has 1 rings (SSSR count). The van der Waals surface area contributed by atoms with Gasteiger partial charge in [0, 0.05) is 0 Å². The molecule has 0 saturated carbocycles. The van der Waals surface area contributed by atoms with Crippen molar-refractivity contribution in [3.05, 3.63) is 21.6 Å². The monoisotopic (exact) mass is 196 g/mol. The van der Waals surface area contributed by atoms with Crippen molar-refractivity contribution < 1.29 is 4.79 Å². The Bertz CT molecular complexity index is 293. The van der Waals surface area contributed by atoms with Gasteiger partial charge >= 0.3 is 0 Å². The molecule has 0 atom stereocenters. The summed E-state index contributed by atoms with van der Waals surface area (Å²) in [5, 5.41) is 0. The minimum Gasteiger partial charge on any atom is -0.288 e. The van der Waals surface area contributed by atoms with E-state index in [4.69, 9.17) is 0 Å². The van der Waals surface area contributed by atoms with E-state index in [1.165, 1.54) is 11.1 Å². The minimum absolute atomic E-state index is 0.260.